The molecule has 14 heavy (non-hydrogen) atoms. The number of ether oxygens (including phenoxy) is 1. The number of aryl methyl sites for hydroxylation is 1. The lowest BCUT2D eigenvalue weighted by Crippen LogP contribution is -2.04. The summed E-state index contributed by atoms with van der Waals surface area (Å²) in [5.74, 6) is -0.593. The summed E-state index contributed by atoms with van der Waals surface area (Å²) in [7, 11) is 0. The second-order valence-corrected chi connectivity index (χ2v) is 2.82. The minimum absolute atomic E-state index is 0.0203. The maximum atomic E-state index is 10.6. The van der Waals surface area contributed by atoms with Crippen LogP contribution in [-0.4, -0.2) is 10.9 Å². The van der Waals surface area contributed by atoms with E-state index in [0.717, 1.165) is 5.56 Å². The molecule has 0 aliphatic heterocycles. The van der Waals surface area contributed by atoms with Crippen LogP contribution in [0, 0.1) is 17.0 Å². The highest BCUT2D eigenvalue weighted by Gasteiger charge is 2.16. The number of benzene rings is 1. The zero-order valence-corrected chi connectivity index (χ0v) is 7.81. The molecular formula is C9H9NO4. The third-order valence-corrected chi connectivity index (χ3v) is 1.56. The Morgan fingerprint density at radius 2 is 2.14 bits per heavy atom. The standard InChI is InChI=1S/C9H9NO4/c1-6-3-4-9(14-7(2)11)8(5-6)10(12)13/h3-5H,1-2H3. The van der Waals surface area contributed by atoms with Gasteiger partial charge in [-0.2, -0.15) is 0 Å². The van der Waals surface area contributed by atoms with Gasteiger partial charge in [-0.3, -0.25) is 14.9 Å². The van der Waals surface area contributed by atoms with E-state index >= 15 is 0 Å². The summed E-state index contributed by atoms with van der Waals surface area (Å²) in [6, 6.07) is 4.42. The average molecular weight is 195 g/mol. The Morgan fingerprint density at radius 3 is 2.64 bits per heavy atom. The number of esters is 1. The minimum atomic E-state index is -0.578. The highest BCUT2D eigenvalue weighted by molar-refractivity contribution is 5.71. The molecular weight excluding hydrogens is 186 g/mol. The molecule has 1 aromatic carbocycles. The number of nitrogens with zero attached hydrogens (tertiary/aromatic N) is 1. The fourth-order valence-electron chi connectivity index (χ4n) is 1.01. The van der Waals surface area contributed by atoms with Gasteiger partial charge in [0, 0.05) is 13.0 Å². The molecule has 0 fully saturated rings. The summed E-state index contributed by atoms with van der Waals surface area (Å²) >= 11 is 0. The second-order valence-electron chi connectivity index (χ2n) is 2.82. The Labute approximate surface area is 80.5 Å². The first-order valence-corrected chi connectivity index (χ1v) is 3.94. The SMILES string of the molecule is CC(=O)Oc1ccc(C)cc1[N+](=O)[O-]. The van der Waals surface area contributed by atoms with Gasteiger partial charge in [-0.1, -0.05) is 6.07 Å². The summed E-state index contributed by atoms with van der Waals surface area (Å²) in [6.45, 7) is 2.92. The van der Waals surface area contributed by atoms with E-state index in [1.165, 1.54) is 19.1 Å². The number of hydrogen-bond acceptors (Lipinski definition) is 4. The summed E-state index contributed by atoms with van der Waals surface area (Å²) in [5, 5.41) is 10.6. The first kappa shape index (κ1) is 10.2. The van der Waals surface area contributed by atoms with Crippen LogP contribution in [0.15, 0.2) is 18.2 Å². The summed E-state index contributed by atoms with van der Waals surface area (Å²) in [4.78, 5) is 20.6. The monoisotopic (exact) mass is 195 g/mol. The summed E-state index contributed by atoms with van der Waals surface area (Å²) < 4.78 is 4.68. The van der Waals surface area contributed by atoms with E-state index in [0.29, 0.717) is 0 Å². The van der Waals surface area contributed by atoms with E-state index in [1.807, 2.05) is 0 Å². The van der Waals surface area contributed by atoms with Crippen molar-refractivity contribution in [2.24, 2.45) is 0 Å². The molecule has 0 atom stereocenters. The molecule has 0 aromatic heterocycles. The van der Waals surface area contributed by atoms with Crippen molar-refractivity contribution in [3.63, 3.8) is 0 Å². The van der Waals surface area contributed by atoms with E-state index in [4.69, 9.17) is 0 Å². The second kappa shape index (κ2) is 3.87. The van der Waals surface area contributed by atoms with Crippen LogP contribution in [0.5, 0.6) is 5.75 Å². The molecule has 0 aliphatic carbocycles. The van der Waals surface area contributed by atoms with Gasteiger partial charge in [0.2, 0.25) is 5.75 Å². The molecule has 0 saturated heterocycles. The maximum Gasteiger partial charge on any atom is 0.311 e. The fraction of sp³-hybridized carbons (Fsp3) is 0.222. The Kier molecular flexibility index (Phi) is 2.81. The van der Waals surface area contributed by atoms with Gasteiger partial charge < -0.3 is 4.74 Å². The molecule has 1 aromatic rings. The van der Waals surface area contributed by atoms with Crippen molar-refractivity contribution < 1.29 is 14.5 Å². The first-order valence-electron chi connectivity index (χ1n) is 3.94. The molecule has 0 aliphatic rings. The van der Waals surface area contributed by atoms with Crippen molar-refractivity contribution in [1.29, 1.82) is 0 Å². The van der Waals surface area contributed by atoms with E-state index < -0.39 is 10.9 Å². The predicted molar refractivity (Wildman–Crippen MR) is 49.1 cm³/mol. The van der Waals surface area contributed by atoms with Gasteiger partial charge in [0.15, 0.2) is 0 Å². The molecule has 0 bridgehead atoms. The number of hydrogen-bond donors (Lipinski definition) is 0. The van der Waals surface area contributed by atoms with Crippen molar-refractivity contribution in [2.75, 3.05) is 0 Å². The molecule has 0 N–H and O–H groups in total. The number of nitro benzene ring substituents is 1. The smallest absolute Gasteiger partial charge is 0.311 e. The Balaban J connectivity index is 3.14. The van der Waals surface area contributed by atoms with E-state index in [1.54, 1.807) is 13.0 Å². The number of nitro groups is 1. The van der Waals surface area contributed by atoms with Gasteiger partial charge in [0.1, 0.15) is 0 Å². The first-order chi connectivity index (χ1) is 6.50. The molecule has 0 heterocycles. The number of rotatable bonds is 2. The molecule has 0 spiro atoms. The molecule has 0 saturated carbocycles. The molecule has 0 radical (unpaired) electrons. The van der Waals surface area contributed by atoms with Crippen molar-refractivity contribution in [3.05, 3.63) is 33.9 Å². The third kappa shape index (κ3) is 2.29. The van der Waals surface area contributed by atoms with Gasteiger partial charge in [0.05, 0.1) is 4.92 Å². The Morgan fingerprint density at radius 1 is 1.50 bits per heavy atom. The normalized spacial score (nSPS) is 9.57. The van der Waals surface area contributed by atoms with Crippen molar-refractivity contribution in [2.45, 2.75) is 13.8 Å². The lowest BCUT2D eigenvalue weighted by Gasteiger charge is -2.02. The molecule has 0 amide bonds. The zero-order chi connectivity index (χ0) is 10.7. The molecule has 74 valence electrons. The van der Waals surface area contributed by atoms with E-state index in [9.17, 15) is 14.9 Å². The maximum absolute atomic E-state index is 10.6. The van der Waals surface area contributed by atoms with Crippen LogP contribution in [0.25, 0.3) is 0 Å². The number of carbonyl (C=O) groups is 1. The molecule has 5 nitrogen and oxygen atoms in total. The topological polar surface area (TPSA) is 69.4 Å². The van der Waals surface area contributed by atoms with Crippen LogP contribution in [0.3, 0.4) is 0 Å². The van der Waals surface area contributed by atoms with E-state index in [-0.39, 0.29) is 11.4 Å². The van der Waals surface area contributed by atoms with E-state index in [2.05, 4.69) is 4.74 Å². The van der Waals surface area contributed by atoms with Gasteiger partial charge in [0.25, 0.3) is 0 Å². The lowest BCUT2D eigenvalue weighted by atomic mass is 10.2. The zero-order valence-electron chi connectivity index (χ0n) is 7.81. The third-order valence-electron chi connectivity index (χ3n) is 1.56. The highest BCUT2D eigenvalue weighted by atomic mass is 16.6. The van der Waals surface area contributed by atoms with Crippen molar-refractivity contribution in [3.8, 4) is 5.75 Å². The number of carbonyl (C=O) groups excluding carboxylic acids is 1. The quantitative estimate of drug-likeness (QED) is 0.312. The Hall–Kier alpha value is -1.91. The van der Waals surface area contributed by atoms with Crippen LogP contribution in [0.2, 0.25) is 0 Å². The van der Waals surface area contributed by atoms with Crippen LogP contribution in [0.4, 0.5) is 5.69 Å². The average Bonchev–Trinajstić information content (AvgIpc) is 2.07. The van der Waals surface area contributed by atoms with Crippen LogP contribution >= 0.6 is 0 Å². The van der Waals surface area contributed by atoms with Gasteiger partial charge in [-0.15, -0.1) is 0 Å². The van der Waals surface area contributed by atoms with Gasteiger partial charge in [-0.05, 0) is 18.6 Å². The van der Waals surface area contributed by atoms with Gasteiger partial charge >= 0.3 is 11.7 Å². The van der Waals surface area contributed by atoms with Gasteiger partial charge in [-0.25, -0.2) is 0 Å². The van der Waals surface area contributed by atoms with Crippen molar-refractivity contribution in [1.82, 2.24) is 0 Å². The van der Waals surface area contributed by atoms with Crippen molar-refractivity contribution >= 4 is 11.7 Å². The van der Waals surface area contributed by atoms with Crippen LogP contribution in [0.1, 0.15) is 12.5 Å². The summed E-state index contributed by atoms with van der Waals surface area (Å²) in [5.41, 5.74) is 0.549. The van der Waals surface area contributed by atoms with Crippen LogP contribution < -0.4 is 4.74 Å². The highest BCUT2D eigenvalue weighted by Crippen LogP contribution is 2.27. The predicted octanol–water partition coefficient (Wildman–Crippen LogP) is 1.83. The fourth-order valence-corrected chi connectivity index (χ4v) is 1.01. The van der Waals surface area contributed by atoms with Crippen LogP contribution in [-0.2, 0) is 4.79 Å². The lowest BCUT2D eigenvalue weighted by molar-refractivity contribution is -0.385. The summed E-state index contributed by atoms with van der Waals surface area (Å²) in [6.07, 6.45) is 0. The molecule has 1 rings (SSSR count). The Bertz CT molecular complexity index is 386. The molecule has 5 heteroatoms. The molecule has 0 unspecified atom stereocenters. The minimum Gasteiger partial charge on any atom is -0.419 e. The largest absolute Gasteiger partial charge is 0.419 e.